The second-order valence-corrected chi connectivity index (χ2v) is 5.14. The number of nitrogens with one attached hydrogen (secondary N) is 2. The molecule has 2 rings (SSSR count). The number of thiazole rings is 1. The van der Waals surface area contributed by atoms with E-state index in [9.17, 15) is 14.9 Å². The van der Waals surface area contributed by atoms with Crippen LogP contribution < -0.4 is 10.6 Å². The molecule has 1 aromatic carbocycles. The van der Waals surface area contributed by atoms with Gasteiger partial charge in [-0.3, -0.25) is 15.4 Å². The average Bonchev–Trinajstić information content (AvgIpc) is 2.87. The lowest BCUT2D eigenvalue weighted by Crippen LogP contribution is -2.28. The van der Waals surface area contributed by atoms with Gasteiger partial charge in [0.2, 0.25) is 0 Å². The summed E-state index contributed by atoms with van der Waals surface area (Å²) in [6.45, 7) is 0.316. The fourth-order valence-corrected chi connectivity index (χ4v) is 2.09. The van der Waals surface area contributed by atoms with Gasteiger partial charge in [0.05, 0.1) is 4.92 Å². The molecule has 0 fully saturated rings. The van der Waals surface area contributed by atoms with Crippen LogP contribution in [0.1, 0.15) is 5.56 Å². The number of nitrogens with zero attached hydrogens (tertiary/aromatic N) is 2. The first-order chi connectivity index (χ1) is 9.54. The van der Waals surface area contributed by atoms with Crippen LogP contribution in [-0.2, 0) is 6.54 Å². The third-order valence-electron chi connectivity index (χ3n) is 2.26. The lowest BCUT2D eigenvalue weighted by molar-refractivity contribution is -0.380. The number of benzene rings is 1. The Morgan fingerprint density at radius 1 is 1.40 bits per heavy atom. The van der Waals surface area contributed by atoms with Gasteiger partial charge in [0.1, 0.15) is 6.20 Å². The topological polar surface area (TPSA) is 97.2 Å². The number of carbonyl (C=O) groups excluding carboxylic acids is 1. The van der Waals surface area contributed by atoms with Gasteiger partial charge >= 0.3 is 11.0 Å². The number of anilines is 1. The molecular formula is C11H9ClN4O3S. The molecule has 0 bridgehead atoms. The molecule has 0 aliphatic carbocycles. The maximum atomic E-state index is 11.6. The standard InChI is InChI=1S/C11H9ClN4O3S/c12-8-3-1-7(2-4-8)5-13-10(17)15-11-14-6-9(20-11)16(18)19/h1-4,6H,5H2,(H2,13,14,15,17). The molecule has 0 atom stereocenters. The molecule has 2 aromatic rings. The van der Waals surface area contributed by atoms with Gasteiger partial charge in [-0.2, -0.15) is 0 Å². The number of rotatable bonds is 4. The van der Waals surface area contributed by atoms with E-state index >= 15 is 0 Å². The van der Waals surface area contributed by atoms with Crippen LogP contribution in [0.5, 0.6) is 0 Å². The van der Waals surface area contributed by atoms with E-state index < -0.39 is 11.0 Å². The zero-order valence-corrected chi connectivity index (χ0v) is 11.6. The molecule has 0 unspecified atom stereocenters. The van der Waals surface area contributed by atoms with Crippen LogP contribution in [0.2, 0.25) is 5.02 Å². The summed E-state index contributed by atoms with van der Waals surface area (Å²) in [6, 6.07) is 6.54. The minimum Gasteiger partial charge on any atom is -0.334 e. The molecule has 7 nitrogen and oxygen atoms in total. The number of amides is 2. The minimum atomic E-state index is -0.561. The first-order valence-corrected chi connectivity index (χ1v) is 6.63. The summed E-state index contributed by atoms with van der Waals surface area (Å²) < 4.78 is 0. The summed E-state index contributed by atoms with van der Waals surface area (Å²) in [7, 11) is 0. The van der Waals surface area contributed by atoms with Gasteiger partial charge in [-0.25, -0.2) is 9.78 Å². The first kappa shape index (κ1) is 14.2. The van der Waals surface area contributed by atoms with E-state index in [1.165, 1.54) is 0 Å². The molecular weight excluding hydrogens is 304 g/mol. The van der Waals surface area contributed by atoms with Crippen molar-refractivity contribution in [2.75, 3.05) is 5.32 Å². The molecule has 0 aliphatic rings. The molecule has 20 heavy (non-hydrogen) atoms. The number of nitro groups is 1. The van der Waals surface area contributed by atoms with E-state index in [2.05, 4.69) is 15.6 Å². The van der Waals surface area contributed by atoms with Crippen molar-refractivity contribution >= 4 is 39.1 Å². The van der Waals surface area contributed by atoms with E-state index in [4.69, 9.17) is 11.6 Å². The van der Waals surface area contributed by atoms with Gasteiger partial charge in [0.25, 0.3) is 0 Å². The Balaban J connectivity index is 1.85. The van der Waals surface area contributed by atoms with Gasteiger partial charge < -0.3 is 5.32 Å². The van der Waals surface area contributed by atoms with Gasteiger partial charge in [-0.05, 0) is 29.0 Å². The maximum absolute atomic E-state index is 11.6. The maximum Gasteiger partial charge on any atom is 0.345 e. The Morgan fingerprint density at radius 3 is 2.70 bits per heavy atom. The normalized spacial score (nSPS) is 10.1. The number of hydrogen-bond donors (Lipinski definition) is 2. The number of urea groups is 1. The van der Waals surface area contributed by atoms with Crippen molar-refractivity contribution < 1.29 is 9.72 Å². The van der Waals surface area contributed by atoms with E-state index in [1.807, 2.05) is 0 Å². The first-order valence-electron chi connectivity index (χ1n) is 5.44. The lowest BCUT2D eigenvalue weighted by atomic mass is 10.2. The fraction of sp³-hybridized carbons (Fsp3) is 0.0909. The van der Waals surface area contributed by atoms with E-state index in [1.54, 1.807) is 24.3 Å². The molecule has 2 N–H and O–H groups in total. The summed E-state index contributed by atoms with van der Waals surface area (Å²) in [4.78, 5) is 25.2. The smallest absolute Gasteiger partial charge is 0.334 e. The highest BCUT2D eigenvalue weighted by molar-refractivity contribution is 7.18. The van der Waals surface area contributed by atoms with Gasteiger partial charge in [0.15, 0.2) is 5.13 Å². The Bertz CT molecular complexity index is 629. The number of hydrogen-bond acceptors (Lipinski definition) is 5. The molecule has 2 amide bonds. The van der Waals surface area contributed by atoms with Crippen LogP contribution in [0.15, 0.2) is 30.5 Å². The lowest BCUT2D eigenvalue weighted by Gasteiger charge is -2.05. The van der Waals surface area contributed by atoms with Crippen molar-refractivity contribution in [2.45, 2.75) is 6.54 Å². The van der Waals surface area contributed by atoms with Gasteiger partial charge in [0, 0.05) is 11.6 Å². The molecule has 0 radical (unpaired) electrons. The van der Waals surface area contributed by atoms with Crippen molar-refractivity contribution in [3.8, 4) is 0 Å². The number of aromatic nitrogens is 1. The molecule has 0 saturated heterocycles. The highest BCUT2D eigenvalue weighted by atomic mass is 35.5. The van der Waals surface area contributed by atoms with Crippen LogP contribution in [-0.4, -0.2) is 15.9 Å². The Hall–Kier alpha value is -2.19. The summed E-state index contributed by atoms with van der Waals surface area (Å²) in [5.74, 6) is 0. The quantitative estimate of drug-likeness (QED) is 0.669. The van der Waals surface area contributed by atoms with Crippen molar-refractivity contribution in [3.05, 3.63) is 51.2 Å². The van der Waals surface area contributed by atoms with Crippen LogP contribution in [0.4, 0.5) is 14.9 Å². The SMILES string of the molecule is O=C(NCc1ccc(Cl)cc1)Nc1ncc([N+](=O)[O-])s1. The highest BCUT2D eigenvalue weighted by Crippen LogP contribution is 2.24. The van der Waals surface area contributed by atoms with E-state index in [-0.39, 0.29) is 10.1 Å². The Kier molecular flexibility index (Phi) is 4.49. The van der Waals surface area contributed by atoms with Crippen molar-refractivity contribution in [1.82, 2.24) is 10.3 Å². The third-order valence-corrected chi connectivity index (χ3v) is 3.38. The zero-order chi connectivity index (χ0) is 14.5. The number of halogens is 1. The fourth-order valence-electron chi connectivity index (χ4n) is 1.33. The van der Waals surface area contributed by atoms with Crippen molar-refractivity contribution in [1.29, 1.82) is 0 Å². The summed E-state index contributed by atoms with van der Waals surface area (Å²) in [5, 5.41) is 16.2. The molecule has 104 valence electrons. The van der Waals surface area contributed by atoms with Crippen LogP contribution in [0.3, 0.4) is 0 Å². The number of carbonyl (C=O) groups is 1. The molecule has 1 aromatic heterocycles. The molecule has 0 saturated carbocycles. The summed E-state index contributed by atoms with van der Waals surface area (Å²) in [6.07, 6.45) is 1.10. The van der Waals surface area contributed by atoms with Gasteiger partial charge in [-0.15, -0.1) is 0 Å². The third kappa shape index (κ3) is 3.90. The Morgan fingerprint density at radius 2 is 2.10 bits per heavy atom. The summed E-state index contributed by atoms with van der Waals surface area (Å²) >= 11 is 6.54. The van der Waals surface area contributed by atoms with E-state index in [0.717, 1.165) is 23.1 Å². The molecule has 1 heterocycles. The molecule has 9 heteroatoms. The Labute approximate surface area is 122 Å². The summed E-state index contributed by atoms with van der Waals surface area (Å²) in [5.41, 5.74) is 0.884. The highest BCUT2D eigenvalue weighted by Gasteiger charge is 2.13. The predicted octanol–water partition coefficient (Wildman–Crippen LogP) is 3.03. The van der Waals surface area contributed by atoms with Crippen LogP contribution in [0.25, 0.3) is 0 Å². The van der Waals surface area contributed by atoms with Crippen LogP contribution in [0, 0.1) is 10.1 Å². The monoisotopic (exact) mass is 312 g/mol. The second-order valence-electron chi connectivity index (χ2n) is 3.69. The zero-order valence-electron chi connectivity index (χ0n) is 10.00. The second kappa shape index (κ2) is 6.31. The molecule has 0 spiro atoms. The van der Waals surface area contributed by atoms with Crippen molar-refractivity contribution in [3.63, 3.8) is 0 Å². The van der Waals surface area contributed by atoms with Gasteiger partial charge in [-0.1, -0.05) is 23.7 Å². The predicted molar refractivity (Wildman–Crippen MR) is 76.1 cm³/mol. The van der Waals surface area contributed by atoms with Crippen LogP contribution >= 0.6 is 22.9 Å². The average molecular weight is 313 g/mol. The van der Waals surface area contributed by atoms with Crippen molar-refractivity contribution in [2.24, 2.45) is 0 Å². The molecule has 0 aliphatic heterocycles. The van der Waals surface area contributed by atoms with E-state index in [0.29, 0.717) is 11.6 Å². The minimum absolute atomic E-state index is 0.127. The largest absolute Gasteiger partial charge is 0.345 e.